The Hall–Kier alpha value is -3.93. The first-order chi connectivity index (χ1) is 18.5. The zero-order valence-electron chi connectivity index (χ0n) is 21.5. The average Bonchev–Trinajstić information content (AvgIpc) is 2.89. The lowest BCUT2D eigenvalue weighted by Gasteiger charge is -2.22. The van der Waals surface area contributed by atoms with Crippen LogP contribution in [0, 0.1) is 0 Å². The van der Waals surface area contributed by atoms with Gasteiger partial charge in [-0.25, -0.2) is 23.1 Å². The molecule has 1 aromatic heterocycles. The highest BCUT2D eigenvalue weighted by molar-refractivity contribution is 7.89. The molecule has 0 aliphatic carbocycles. The first kappa shape index (κ1) is 28.1. The van der Waals surface area contributed by atoms with Crippen LogP contribution >= 0.6 is 12.6 Å². The number of carbonyl (C=O) groups is 1. The van der Waals surface area contributed by atoms with Gasteiger partial charge in [-0.3, -0.25) is 4.99 Å². The van der Waals surface area contributed by atoms with Gasteiger partial charge in [-0.05, 0) is 62.7 Å². The van der Waals surface area contributed by atoms with Crippen LogP contribution in [0.5, 0.6) is 0 Å². The first-order valence-electron chi connectivity index (χ1n) is 12.1. The fraction of sp³-hybridized carbons (Fsp3) is 0.179. The molecule has 0 amide bonds. The molecule has 9 nitrogen and oxygen atoms in total. The van der Waals surface area contributed by atoms with Gasteiger partial charge >= 0.3 is 11.6 Å². The molecule has 4 aromatic rings. The molecule has 0 unspecified atom stereocenters. The first-order valence-corrected chi connectivity index (χ1v) is 14.1. The van der Waals surface area contributed by atoms with Crippen LogP contribution in [-0.2, 0) is 10.0 Å². The van der Waals surface area contributed by atoms with Crippen molar-refractivity contribution in [2.24, 2.45) is 10.1 Å². The Morgan fingerprint density at radius 3 is 2.38 bits per heavy atom. The number of aromatic carboxylic acids is 1. The second kappa shape index (κ2) is 11.0. The predicted molar refractivity (Wildman–Crippen MR) is 155 cm³/mol. The molecule has 0 atom stereocenters. The van der Waals surface area contributed by atoms with Gasteiger partial charge in [0, 0.05) is 40.7 Å². The number of thiol groups is 1. The van der Waals surface area contributed by atoms with Crippen LogP contribution in [-0.4, -0.2) is 38.3 Å². The zero-order chi connectivity index (χ0) is 28.5. The van der Waals surface area contributed by atoms with E-state index in [0.29, 0.717) is 22.1 Å². The molecule has 0 aliphatic rings. The van der Waals surface area contributed by atoms with E-state index in [4.69, 9.17) is 9.56 Å². The summed E-state index contributed by atoms with van der Waals surface area (Å²) in [6.07, 6.45) is 0. The molecule has 0 saturated heterocycles. The Balaban J connectivity index is 2.04. The number of carboxylic acid groups (broad SMARTS) is 1. The highest BCUT2D eigenvalue weighted by Crippen LogP contribution is 2.36. The molecule has 0 saturated carbocycles. The van der Waals surface area contributed by atoms with Gasteiger partial charge in [0.2, 0.25) is 10.0 Å². The van der Waals surface area contributed by atoms with Crippen LogP contribution in [0.3, 0.4) is 0 Å². The van der Waals surface area contributed by atoms with E-state index in [1.165, 1.54) is 24.3 Å². The van der Waals surface area contributed by atoms with Crippen molar-refractivity contribution in [1.29, 1.82) is 0 Å². The molecule has 3 N–H and O–H groups in total. The van der Waals surface area contributed by atoms with E-state index in [1.54, 1.807) is 31.2 Å². The third kappa shape index (κ3) is 5.60. The molecule has 0 radical (unpaired) electrons. The smallest absolute Gasteiger partial charge is 0.346 e. The number of anilines is 1. The van der Waals surface area contributed by atoms with E-state index >= 15 is 0 Å². The molecule has 0 bridgehead atoms. The average molecular weight is 566 g/mol. The van der Waals surface area contributed by atoms with Crippen molar-refractivity contribution in [3.63, 3.8) is 0 Å². The zero-order valence-corrected chi connectivity index (χ0v) is 23.2. The molecule has 1 heterocycles. The number of hydrogen-bond donors (Lipinski definition) is 3. The topological polar surface area (TPSA) is 143 Å². The second-order valence-corrected chi connectivity index (χ2v) is 10.8. The van der Waals surface area contributed by atoms with Crippen molar-refractivity contribution in [2.75, 3.05) is 18.0 Å². The lowest BCUT2D eigenvalue weighted by atomic mass is 9.91. The minimum Gasteiger partial charge on any atom is -0.478 e. The SMILES string of the molecule is CCN(CC)c1ccc2c(-c3ccccc3C(=O)O)c(C(C)=Nc3ccc(S(N)(=O)=O)cc3S)c(=O)oc2c1. The maximum absolute atomic E-state index is 13.5. The lowest BCUT2D eigenvalue weighted by molar-refractivity contribution is 0.0697. The van der Waals surface area contributed by atoms with Crippen molar-refractivity contribution in [3.05, 3.63) is 82.2 Å². The van der Waals surface area contributed by atoms with E-state index < -0.39 is 21.6 Å². The van der Waals surface area contributed by atoms with E-state index in [9.17, 15) is 23.1 Å². The summed E-state index contributed by atoms with van der Waals surface area (Å²) in [6, 6.07) is 15.9. The van der Waals surface area contributed by atoms with E-state index in [2.05, 4.69) is 22.5 Å². The van der Waals surface area contributed by atoms with Crippen LogP contribution in [0.1, 0.15) is 36.7 Å². The van der Waals surface area contributed by atoms with Crippen LogP contribution in [0.25, 0.3) is 22.1 Å². The number of rotatable bonds is 8. The number of hydrogen-bond acceptors (Lipinski definition) is 8. The standard InChI is InChI=1S/C28H27N3O6S2/c1-4-31(5-2)17-10-12-21-23(14-17)37-28(34)25(26(21)19-8-6-7-9-20(19)27(32)33)16(3)30-22-13-11-18(15-24(22)38)39(29,35)36/h6-15,38H,4-5H2,1-3H3,(H,32,33)(H2,29,35,36). The largest absolute Gasteiger partial charge is 0.478 e. The fourth-order valence-corrected chi connectivity index (χ4v) is 5.37. The molecular formula is C28H27N3O6S2. The minimum absolute atomic E-state index is 0.0126. The molecule has 11 heteroatoms. The van der Waals surface area contributed by atoms with Gasteiger partial charge in [-0.1, -0.05) is 18.2 Å². The molecule has 0 spiro atoms. The van der Waals surface area contributed by atoms with Gasteiger partial charge in [0.15, 0.2) is 0 Å². The molecular weight excluding hydrogens is 538 g/mol. The number of aliphatic imine (C=N–C) groups is 1. The minimum atomic E-state index is -3.94. The Morgan fingerprint density at radius 2 is 1.77 bits per heavy atom. The predicted octanol–water partition coefficient (Wildman–Crippen LogP) is 5.08. The molecule has 4 rings (SSSR count). The molecule has 39 heavy (non-hydrogen) atoms. The summed E-state index contributed by atoms with van der Waals surface area (Å²) in [6.45, 7) is 7.14. The third-order valence-electron chi connectivity index (χ3n) is 6.37. The number of fused-ring (bicyclic) bond motifs is 1. The highest BCUT2D eigenvalue weighted by Gasteiger charge is 2.23. The molecule has 202 valence electrons. The van der Waals surface area contributed by atoms with Gasteiger partial charge < -0.3 is 14.4 Å². The Morgan fingerprint density at radius 1 is 1.08 bits per heavy atom. The van der Waals surface area contributed by atoms with E-state index in [0.717, 1.165) is 18.8 Å². The second-order valence-electron chi connectivity index (χ2n) is 8.74. The van der Waals surface area contributed by atoms with Gasteiger partial charge in [0.25, 0.3) is 0 Å². The van der Waals surface area contributed by atoms with Crippen molar-refractivity contribution in [2.45, 2.75) is 30.6 Å². The van der Waals surface area contributed by atoms with Crippen LogP contribution in [0.2, 0.25) is 0 Å². The number of primary sulfonamides is 1. The summed E-state index contributed by atoms with van der Waals surface area (Å²) in [4.78, 5) is 32.4. The molecule has 0 fully saturated rings. The maximum atomic E-state index is 13.5. The number of nitrogens with zero attached hydrogens (tertiary/aromatic N) is 2. The summed E-state index contributed by atoms with van der Waals surface area (Å²) < 4.78 is 29.2. The van der Waals surface area contributed by atoms with Gasteiger partial charge in [0.1, 0.15) is 5.58 Å². The van der Waals surface area contributed by atoms with Crippen molar-refractivity contribution >= 4 is 56.7 Å². The van der Waals surface area contributed by atoms with E-state index in [1.807, 2.05) is 26.0 Å². The Bertz CT molecular complexity index is 1790. The fourth-order valence-electron chi connectivity index (χ4n) is 4.48. The Labute approximate surface area is 231 Å². The van der Waals surface area contributed by atoms with Gasteiger partial charge in [-0.2, -0.15) is 0 Å². The summed E-state index contributed by atoms with van der Waals surface area (Å²) in [5, 5.41) is 15.7. The molecule has 0 aliphatic heterocycles. The number of sulfonamides is 1. The van der Waals surface area contributed by atoms with Crippen molar-refractivity contribution in [3.8, 4) is 11.1 Å². The van der Waals surface area contributed by atoms with Crippen LogP contribution in [0.4, 0.5) is 11.4 Å². The van der Waals surface area contributed by atoms with Gasteiger partial charge in [-0.15, -0.1) is 12.6 Å². The van der Waals surface area contributed by atoms with Crippen molar-refractivity contribution in [1.82, 2.24) is 0 Å². The van der Waals surface area contributed by atoms with Crippen LogP contribution in [0.15, 0.2) is 84.7 Å². The monoisotopic (exact) mass is 565 g/mol. The van der Waals surface area contributed by atoms with E-state index in [-0.39, 0.29) is 32.3 Å². The summed E-state index contributed by atoms with van der Waals surface area (Å²) in [5.74, 6) is -1.15. The lowest BCUT2D eigenvalue weighted by Crippen LogP contribution is -2.22. The van der Waals surface area contributed by atoms with Crippen LogP contribution < -0.4 is 15.7 Å². The van der Waals surface area contributed by atoms with Gasteiger partial charge in [0.05, 0.1) is 27.4 Å². The number of nitrogens with two attached hydrogens (primary N) is 1. The number of carboxylic acids is 1. The normalized spacial score (nSPS) is 12.1. The number of benzene rings is 3. The summed E-state index contributed by atoms with van der Waals surface area (Å²) >= 11 is 4.35. The summed E-state index contributed by atoms with van der Waals surface area (Å²) in [5.41, 5.74) is 1.78. The summed E-state index contributed by atoms with van der Waals surface area (Å²) in [7, 11) is -3.94. The Kier molecular flexibility index (Phi) is 7.96. The van der Waals surface area contributed by atoms with Crippen molar-refractivity contribution < 1.29 is 22.7 Å². The maximum Gasteiger partial charge on any atom is 0.346 e. The quantitative estimate of drug-likeness (QED) is 0.154. The third-order valence-corrected chi connectivity index (χ3v) is 7.64. The highest BCUT2D eigenvalue weighted by atomic mass is 32.2. The molecule has 3 aromatic carbocycles.